The molecule has 5 rings (SSSR count). The zero-order valence-corrected chi connectivity index (χ0v) is 26.8. The number of aliphatic carboxylic acids is 1. The molecule has 1 atom stereocenters. The van der Waals surface area contributed by atoms with Crippen LogP contribution in [0.15, 0.2) is 59.8 Å². The fourth-order valence-electron chi connectivity index (χ4n) is 5.47. The van der Waals surface area contributed by atoms with E-state index in [9.17, 15) is 31.9 Å². The molecule has 11 nitrogen and oxygen atoms in total. The Bertz CT molecular complexity index is 1820. The number of nitrogens with zero attached hydrogens (tertiary/aromatic N) is 4. The van der Waals surface area contributed by atoms with Crippen LogP contribution in [0.3, 0.4) is 0 Å². The molecule has 0 spiro atoms. The highest BCUT2D eigenvalue weighted by Crippen LogP contribution is 2.41. The summed E-state index contributed by atoms with van der Waals surface area (Å²) in [5.41, 5.74) is -2.64. The lowest BCUT2D eigenvalue weighted by atomic mass is 9.86. The van der Waals surface area contributed by atoms with Crippen molar-refractivity contribution in [3.05, 3.63) is 88.9 Å². The number of carbonyl (C=O) groups is 1. The monoisotopic (exact) mass is 703 g/mol. The zero-order valence-electron chi connectivity index (χ0n) is 26.8. The molecule has 266 valence electrons. The number of halogens is 5. The van der Waals surface area contributed by atoms with Crippen LogP contribution in [0.4, 0.5) is 22.0 Å². The van der Waals surface area contributed by atoms with Crippen LogP contribution in [0.25, 0.3) is 22.6 Å². The van der Waals surface area contributed by atoms with E-state index in [1.807, 2.05) is 6.92 Å². The van der Waals surface area contributed by atoms with Crippen LogP contribution in [-0.2, 0) is 32.5 Å². The molecular weight excluding hydrogens is 669 g/mol. The summed E-state index contributed by atoms with van der Waals surface area (Å²) in [5, 5.41) is 25.3. The summed E-state index contributed by atoms with van der Waals surface area (Å²) in [4.78, 5) is 24.8. The second-order valence-electron chi connectivity index (χ2n) is 11.2. The molecule has 0 saturated carbocycles. The number of aromatic nitrogens is 3. The van der Waals surface area contributed by atoms with E-state index in [1.54, 1.807) is 0 Å². The molecule has 0 bridgehead atoms. The average molecular weight is 704 g/mol. The van der Waals surface area contributed by atoms with Gasteiger partial charge in [-0.25, -0.2) is 18.6 Å². The predicted octanol–water partition coefficient (Wildman–Crippen LogP) is 5.77. The van der Waals surface area contributed by atoms with Crippen molar-refractivity contribution in [2.45, 2.75) is 38.0 Å². The standard InChI is InChI=1S/C34H34F5N5O6/c1-2-12-50-22-7-8-23(25(17-22)34(37,38)39)27-9-6-21(18-40-27)33(32(46)47,10-13-48-15-16-49-14-11-45)44-20-29-28(19-41-44)42-31(43-29)24-4-3-5-26(35)30(24)36/h3-9,17-19,45H,2,10-16,20H2,1H3,(H,42,43)(H,46,47). The first kappa shape index (κ1) is 36.4. The van der Waals surface area contributed by atoms with Crippen molar-refractivity contribution in [1.82, 2.24) is 20.0 Å². The molecule has 0 amide bonds. The van der Waals surface area contributed by atoms with Gasteiger partial charge in [0.15, 0.2) is 17.2 Å². The third-order valence-corrected chi connectivity index (χ3v) is 7.94. The molecule has 16 heteroatoms. The number of aromatic amines is 1. The normalized spacial score (nSPS) is 14.0. The summed E-state index contributed by atoms with van der Waals surface area (Å²) in [5.74, 6) is -3.49. The van der Waals surface area contributed by atoms with Crippen molar-refractivity contribution in [3.63, 3.8) is 0 Å². The van der Waals surface area contributed by atoms with Gasteiger partial charge in [-0.1, -0.05) is 19.1 Å². The van der Waals surface area contributed by atoms with Crippen molar-refractivity contribution in [3.8, 4) is 28.4 Å². The van der Waals surface area contributed by atoms with Gasteiger partial charge in [0.1, 0.15) is 17.3 Å². The molecule has 0 fully saturated rings. The van der Waals surface area contributed by atoms with Crippen molar-refractivity contribution in [2.75, 3.05) is 39.6 Å². The van der Waals surface area contributed by atoms with Gasteiger partial charge in [-0.05, 0) is 42.8 Å². The van der Waals surface area contributed by atoms with Crippen molar-refractivity contribution < 1.29 is 51.2 Å². The predicted molar refractivity (Wildman–Crippen MR) is 170 cm³/mol. The lowest BCUT2D eigenvalue weighted by Crippen LogP contribution is -2.51. The van der Waals surface area contributed by atoms with E-state index in [0.717, 1.165) is 12.1 Å². The van der Waals surface area contributed by atoms with Crippen LogP contribution in [0.2, 0.25) is 0 Å². The topological polar surface area (TPSA) is 142 Å². The van der Waals surface area contributed by atoms with E-state index in [2.05, 4.69) is 20.1 Å². The molecule has 3 N–H and O–H groups in total. The number of hydrogen-bond donors (Lipinski definition) is 3. The van der Waals surface area contributed by atoms with Gasteiger partial charge in [0.05, 0.1) is 68.3 Å². The number of fused-ring (bicyclic) bond motifs is 1. The third-order valence-electron chi connectivity index (χ3n) is 7.94. The maximum atomic E-state index is 14.6. The molecule has 3 heterocycles. The molecule has 1 aliphatic heterocycles. The van der Waals surface area contributed by atoms with E-state index in [4.69, 9.17) is 19.3 Å². The van der Waals surface area contributed by atoms with Gasteiger partial charge in [0, 0.05) is 30.4 Å². The Morgan fingerprint density at radius 1 is 1.00 bits per heavy atom. The molecule has 2 aromatic carbocycles. The minimum Gasteiger partial charge on any atom is -0.494 e. The zero-order chi connectivity index (χ0) is 35.9. The molecule has 1 aliphatic rings. The number of imidazole rings is 1. The Labute approximate surface area is 283 Å². The van der Waals surface area contributed by atoms with Crippen LogP contribution < -0.4 is 4.74 Å². The number of alkyl halides is 3. The molecular formula is C34H34F5N5O6. The van der Waals surface area contributed by atoms with Gasteiger partial charge < -0.3 is 29.4 Å². The second-order valence-corrected chi connectivity index (χ2v) is 11.2. The number of benzene rings is 2. The first-order valence-corrected chi connectivity index (χ1v) is 15.6. The molecule has 2 aromatic heterocycles. The highest BCUT2D eigenvalue weighted by Gasteiger charge is 2.48. The SMILES string of the molecule is CCCOc1ccc(-c2ccc(C(CCOCCOCCO)(C(=O)O)N3Cc4[nH]c(-c5cccc(F)c5F)nc4C=N3)cn2)c(C(F)(F)F)c1. The van der Waals surface area contributed by atoms with E-state index in [-0.39, 0.29) is 92.3 Å². The molecule has 50 heavy (non-hydrogen) atoms. The van der Waals surface area contributed by atoms with E-state index < -0.39 is 34.9 Å². The molecule has 0 aliphatic carbocycles. The van der Waals surface area contributed by atoms with Gasteiger partial charge in [-0.15, -0.1) is 0 Å². The third kappa shape index (κ3) is 7.77. The van der Waals surface area contributed by atoms with Gasteiger partial charge in [0.2, 0.25) is 0 Å². The maximum Gasteiger partial charge on any atom is 0.417 e. The van der Waals surface area contributed by atoms with E-state index in [1.165, 1.54) is 53.8 Å². The average Bonchev–Trinajstić information content (AvgIpc) is 3.53. The Balaban J connectivity index is 1.49. The molecule has 0 saturated heterocycles. The number of aliphatic hydroxyl groups is 1. The first-order valence-electron chi connectivity index (χ1n) is 15.6. The number of carboxylic acids is 1. The summed E-state index contributed by atoms with van der Waals surface area (Å²) in [6.07, 6.45) is -1.87. The Morgan fingerprint density at radius 2 is 1.78 bits per heavy atom. The molecule has 0 radical (unpaired) electrons. The van der Waals surface area contributed by atoms with Crippen LogP contribution in [0, 0.1) is 11.6 Å². The van der Waals surface area contributed by atoms with Gasteiger partial charge in [-0.3, -0.25) is 9.99 Å². The number of nitrogens with one attached hydrogen (secondary N) is 1. The number of aliphatic hydroxyl groups excluding tert-OH is 1. The van der Waals surface area contributed by atoms with Gasteiger partial charge in [-0.2, -0.15) is 18.3 Å². The second kappa shape index (κ2) is 15.7. The minimum atomic E-state index is -4.73. The van der Waals surface area contributed by atoms with Crippen LogP contribution in [0.5, 0.6) is 5.75 Å². The lowest BCUT2D eigenvalue weighted by Gasteiger charge is -2.40. The van der Waals surface area contributed by atoms with Crippen LogP contribution >= 0.6 is 0 Å². The molecule has 4 aromatic rings. The van der Waals surface area contributed by atoms with Crippen LogP contribution in [0.1, 0.15) is 42.3 Å². The van der Waals surface area contributed by atoms with Gasteiger partial charge >= 0.3 is 12.1 Å². The van der Waals surface area contributed by atoms with Crippen molar-refractivity contribution >= 4 is 12.2 Å². The summed E-state index contributed by atoms with van der Waals surface area (Å²) in [6, 6.07) is 9.86. The fraction of sp³-hybridized carbons (Fsp3) is 0.353. The van der Waals surface area contributed by atoms with E-state index in [0.29, 0.717) is 12.1 Å². The number of H-pyrrole nitrogens is 1. The highest BCUT2D eigenvalue weighted by molar-refractivity contribution is 5.84. The smallest absolute Gasteiger partial charge is 0.417 e. The number of hydrazone groups is 1. The van der Waals surface area contributed by atoms with Gasteiger partial charge in [0.25, 0.3) is 0 Å². The number of ether oxygens (including phenoxy) is 3. The molecule has 1 unspecified atom stereocenters. The first-order chi connectivity index (χ1) is 24.0. The minimum absolute atomic E-state index is 0.00467. The number of carboxylic acid groups (broad SMARTS) is 1. The van der Waals surface area contributed by atoms with E-state index >= 15 is 0 Å². The number of pyridine rings is 1. The Morgan fingerprint density at radius 3 is 2.46 bits per heavy atom. The maximum absolute atomic E-state index is 14.6. The van der Waals surface area contributed by atoms with Crippen molar-refractivity contribution in [2.24, 2.45) is 5.10 Å². The summed E-state index contributed by atoms with van der Waals surface area (Å²) in [6.45, 7) is 1.92. The number of rotatable bonds is 16. The highest BCUT2D eigenvalue weighted by atomic mass is 19.4. The summed E-state index contributed by atoms with van der Waals surface area (Å²) in [7, 11) is 0. The largest absolute Gasteiger partial charge is 0.494 e. The lowest BCUT2D eigenvalue weighted by molar-refractivity contribution is -0.155. The fourth-order valence-corrected chi connectivity index (χ4v) is 5.47. The summed E-state index contributed by atoms with van der Waals surface area (Å²) >= 11 is 0. The quantitative estimate of drug-likeness (QED) is 0.0980. The number of hydrogen-bond acceptors (Lipinski definition) is 9. The Hall–Kier alpha value is -4.93. The van der Waals surface area contributed by atoms with Crippen LogP contribution in [-0.4, -0.2) is 82.0 Å². The summed E-state index contributed by atoms with van der Waals surface area (Å²) < 4.78 is 87.1. The van der Waals surface area contributed by atoms with Crippen molar-refractivity contribution in [1.29, 1.82) is 0 Å². The Kier molecular flexibility index (Phi) is 11.4.